The highest BCUT2D eigenvalue weighted by atomic mass is 16.4. The zero-order valence-electron chi connectivity index (χ0n) is 13.5. The molecule has 0 heterocycles. The number of amides is 3. The molecule has 0 aliphatic rings. The van der Waals surface area contributed by atoms with Gasteiger partial charge in [-0.25, -0.2) is 4.79 Å². The van der Waals surface area contributed by atoms with E-state index in [1.807, 2.05) is 0 Å². The monoisotopic (exact) mass is 365 g/mol. The predicted octanol–water partition coefficient (Wildman–Crippen LogP) is -2.20. The molecule has 0 radical (unpaired) electrons. The van der Waals surface area contributed by atoms with Gasteiger partial charge in [0.1, 0.15) is 26.2 Å². The first-order valence-electron chi connectivity index (χ1n) is 6.50. The topological polar surface area (TPSA) is 202 Å². The van der Waals surface area contributed by atoms with E-state index in [1.165, 1.54) is 7.05 Å². The molecule has 0 aromatic rings. The molecule has 0 saturated heterocycles. The molecule has 13 nitrogen and oxygen atoms in total. The lowest BCUT2D eigenvalue weighted by Gasteiger charge is -2.17. The molecule has 0 fully saturated rings. The maximum Gasteiger partial charge on any atom is 0.323 e. The van der Waals surface area contributed by atoms with Gasteiger partial charge in [-0.05, 0) is 0 Å². The number of nitrogens with one attached hydrogen (secondary N) is 1. The van der Waals surface area contributed by atoms with Crippen molar-refractivity contribution in [2.45, 2.75) is 6.92 Å². The fourth-order valence-corrected chi connectivity index (χ4v) is 1.29. The van der Waals surface area contributed by atoms with Gasteiger partial charge in [0.2, 0.25) is 5.91 Å². The Balaban J connectivity index is 0. The SMILES string of the molecule is CC(=O)N(CC(=O)O)CC(=O)O.CNC(=O)N(CC(=O)O)CC(=O)O. The van der Waals surface area contributed by atoms with Crippen LogP contribution in [-0.2, 0) is 24.0 Å². The number of hydrogen-bond donors (Lipinski definition) is 5. The lowest BCUT2D eigenvalue weighted by Crippen LogP contribution is -2.43. The van der Waals surface area contributed by atoms with Crippen LogP contribution in [0, 0.1) is 0 Å². The molecule has 13 heteroatoms. The van der Waals surface area contributed by atoms with Crippen molar-refractivity contribution in [2.24, 2.45) is 0 Å². The van der Waals surface area contributed by atoms with Gasteiger partial charge in [-0.1, -0.05) is 0 Å². The van der Waals surface area contributed by atoms with Gasteiger partial charge >= 0.3 is 29.9 Å². The van der Waals surface area contributed by atoms with Gasteiger partial charge in [0, 0.05) is 14.0 Å². The van der Waals surface area contributed by atoms with Crippen LogP contribution in [0.4, 0.5) is 4.79 Å². The van der Waals surface area contributed by atoms with E-state index in [4.69, 9.17) is 20.4 Å². The van der Waals surface area contributed by atoms with E-state index in [-0.39, 0.29) is 0 Å². The van der Waals surface area contributed by atoms with Crippen LogP contribution in [0.5, 0.6) is 0 Å². The Kier molecular flexibility index (Phi) is 11.6. The molecule has 25 heavy (non-hydrogen) atoms. The van der Waals surface area contributed by atoms with Crippen LogP contribution in [0.25, 0.3) is 0 Å². The van der Waals surface area contributed by atoms with Gasteiger partial charge in [0.15, 0.2) is 0 Å². The third-order valence-electron chi connectivity index (χ3n) is 2.25. The number of rotatable bonds is 8. The molecule has 0 atom stereocenters. The first-order valence-corrected chi connectivity index (χ1v) is 6.50. The molecule has 0 spiro atoms. The maximum absolute atomic E-state index is 10.9. The van der Waals surface area contributed by atoms with Gasteiger partial charge in [0.25, 0.3) is 0 Å². The van der Waals surface area contributed by atoms with Crippen molar-refractivity contribution in [3.63, 3.8) is 0 Å². The highest BCUT2D eigenvalue weighted by molar-refractivity contribution is 5.84. The van der Waals surface area contributed by atoms with E-state index in [0.717, 1.165) is 11.8 Å². The molecule has 0 aliphatic heterocycles. The molecule has 5 N–H and O–H groups in total. The van der Waals surface area contributed by atoms with Crippen LogP contribution in [0.1, 0.15) is 6.92 Å². The Morgan fingerprint density at radius 1 is 0.680 bits per heavy atom. The summed E-state index contributed by atoms with van der Waals surface area (Å²) in [6.45, 7) is -1.31. The smallest absolute Gasteiger partial charge is 0.323 e. The van der Waals surface area contributed by atoms with Gasteiger partial charge in [0.05, 0.1) is 0 Å². The predicted molar refractivity (Wildman–Crippen MR) is 78.8 cm³/mol. The highest BCUT2D eigenvalue weighted by Crippen LogP contribution is 1.89. The highest BCUT2D eigenvalue weighted by Gasteiger charge is 2.18. The second-order valence-electron chi connectivity index (χ2n) is 4.36. The molecule has 0 unspecified atom stereocenters. The Hall–Kier alpha value is -3.38. The summed E-state index contributed by atoms with van der Waals surface area (Å²) in [5.74, 6) is -5.55. The van der Waals surface area contributed by atoms with Crippen molar-refractivity contribution in [3.8, 4) is 0 Å². The zero-order valence-corrected chi connectivity index (χ0v) is 13.5. The second-order valence-corrected chi connectivity index (χ2v) is 4.36. The lowest BCUT2D eigenvalue weighted by atomic mass is 10.4. The molecule has 0 saturated carbocycles. The van der Waals surface area contributed by atoms with Crippen LogP contribution in [0.15, 0.2) is 0 Å². The third kappa shape index (κ3) is 14.0. The van der Waals surface area contributed by atoms with E-state index in [2.05, 4.69) is 5.32 Å². The Labute approximate surface area is 141 Å². The summed E-state index contributed by atoms with van der Waals surface area (Å²) in [7, 11) is 1.29. The zero-order chi connectivity index (χ0) is 20.2. The van der Waals surface area contributed by atoms with Crippen molar-refractivity contribution in [2.75, 3.05) is 33.2 Å². The molecule has 3 amide bonds. The first kappa shape index (κ1) is 23.9. The van der Waals surface area contributed by atoms with Gasteiger partial charge in [-0.2, -0.15) is 0 Å². The number of carboxylic acid groups (broad SMARTS) is 4. The summed E-state index contributed by atoms with van der Waals surface area (Å²) < 4.78 is 0. The maximum atomic E-state index is 10.9. The van der Waals surface area contributed by atoms with E-state index in [0.29, 0.717) is 4.90 Å². The minimum absolute atomic E-state index is 0.570. The van der Waals surface area contributed by atoms with E-state index in [9.17, 15) is 28.8 Å². The van der Waals surface area contributed by atoms with E-state index < -0.39 is 62.0 Å². The van der Waals surface area contributed by atoms with Crippen molar-refractivity contribution in [1.29, 1.82) is 0 Å². The summed E-state index contributed by atoms with van der Waals surface area (Å²) >= 11 is 0. The Bertz CT molecular complexity index is 501. The van der Waals surface area contributed by atoms with Crippen LogP contribution in [0.3, 0.4) is 0 Å². The van der Waals surface area contributed by atoms with E-state index in [1.54, 1.807) is 0 Å². The van der Waals surface area contributed by atoms with Crippen LogP contribution in [-0.4, -0.2) is 99.3 Å². The van der Waals surface area contributed by atoms with Crippen LogP contribution >= 0.6 is 0 Å². The summed E-state index contributed by atoms with van der Waals surface area (Å²) in [5, 5.41) is 35.3. The van der Waals surface area contributed by atoms with Crippen LogP contribution < -0.4 is 5.32 Å². The number of hydrogen-bond acceptors (Lipinski definition) is 6. The molecule has 0 rings (SSSR count). The van der Waals surface area contributed by atoms with E-state index >= 15 is 0 Å². The molecule has 0 aliphatic carbocycles. The van der Waals surface area contributed by atoms with Crippen LogP contribution in [0.2, 0.25) is 0 Å². The fraction of sp³-hybridized carbons (Fsp3) is 0.500. The van der Waals surface area contributed by atoms with Gasteiger partial charge in [-0.3, -0.25) is 24.0 Å². The number of carbonyl (C=O) groups excluding carboxylic acids is 2. The average molecular weight is 365 g/mol. The normalized spacial score (nSPS) is 9.04. The molecule has 0 bridgehead atoms. The number of carbonyl (C=O) groups is 6. The quantitative estimate of drug-likeness (QED) is 0.314. The summed E-state index contributed by atoms with van der Waals surface area (Å²) in [6, 6.07) is -0.732. The fourth-order valence-electron chi connectivity index (χ4n) is 1.29. The number of nitrogens with zero attached hydrogens (tertiary/aromatic N) is 2. The Morgan fingerprint density at radius 3 is 1.16 bits per heavy atom. The molecule has 0 aromatic heterocycles. The standard InChI is InChI=1S/C6H10N2O5.C6H9NO5/c1-7-6(13)8(2-4(9)10)3-5(11)12;1-4(8)7(2-5(9)10)3-6(11)12/h2-3H2,1H3,(H,7,13)(H,9,10)(H,11,12);2-3H2,1H3,(H,9,10)(H,11,12). The summed E-state index contributed by atoms with van der Waals surface area (Å²) in [6.07, 6.45) is 0. The third-order valence-corrected chi connectivity index (χ3v) is 2.25. The average Bonchev–Trinajstić information content (AvgIpc) is 2.43. The van der Waals surface area contributed by atoms with Crippen molar-refractivity contribution >= 4 is 35.8 Å². The minimum atomic E-state index is -1.26. The van der Waals surface area contributed by atoms with Crippen molar-refractivity contribution in [1.82, 2.24) is 15.1 Å². The van der Waals surface area contributed by atoms with Crippen molar-refractivity contribution in [3.05, 3.63) is 0 Å². The number of carboxylic acids is 4. The lowest BCUT2D eigenvalue weighted by molar-refractivity contribution is -0.148. The summed E-state index contributed by atoms with van der Waals surface area (Å²) in [4.78, 5) is 63.5. The van der Waals surface area contributed by atoms with Gasteiger partial charge < -0.3 is 35.5 Å². The number of aliphatic carboxylic acids is 4. The largest absolute Gasteiger partial charge is 0.480 e. The molecular formula is C12H19N3O10. The molecule has 142 valence electrons. The van der Waals surface area contributed by atoms with Gasteiger partial charge in [-0.15, -0.1) is 0 Å². The molecule has 0 aromatic carbocycles. The first-order chi connectivity index (χ1) is 11.4. The second kappa shape index (κ2) is 12.1. The Morgan fingerprint density at radius 2 is 0.960 bits per heavy atom. The summed E-state index contributed by atoms with van der Waals surface area (Å²) in [5.41, 5.74) is 0. The molecular weight excluding hydrogens is 346 g/mol. The number of urea groups is 1. The van der Waals surface area contributed by atoms with Crippen molar-refractivity contribution < 1.29 is 49.2 Å². The minimum Gasteiger partial charge on any atom is -0.480 e.